The number of fused-ring (bicyclic) bond motifs is 1. The van der Waals surface area contributed by atoms with Crippen molar-refractivity contribution in [1.29, 1.82) is 0 Å². The zero-order valence-corrected chi connectivity index (χ0v) is 11.5. The molecule has 1 aliphatic heterocycles. The van der Waals surface area contributed by atoms with Gasteiger partial charge in [0.05, 0.1) is 16.9 Å². The topological polar surface area (TPSA) is 40.5 Å². The molecule has 3 nitrogen and oxygen atoms in total. The summed E-state index contributed by atoms with van der Waals surface area (Å²) in [6.45, 7) is 1.39. The largest absolute Gasteiger partial charge is 0.389 e. The van der Waals surface area contributed by atoms with Crippen molar-refractivity contribution < 1.29 is 14.3 Å². The van der Waals surface area contributed by atoms with Gasteiger partial charge < -0.3 is 10.0 Å². The molecule has 1 heterocycles. The number of rotatable bonds is 2. The van der Waals surface area contributed by atoms with Crippen LogP contribution in [0.1, 0.15) is 42.5 Å². The summed E-state index contributed by atoms with van der Waals surface area (Å²) in [5.74, 6) is -0.241. The van der Waals surface area contributed by atoms with Gasteiger partial charge in [0, 0.05) is 19.0 Å². The van der Waals surface area contributed by atoms with Crippen molar-refractivity contribution in [3.8, 4) is 0 Å². The maximum atomic E-state index is 13.7. The van der Waals surface area contributed by atoms with Gasteiger partial charge in [-0.05, 0) is 31.4 Å². The zero-order valence-electron chi connectivity index (χ0n) is 11.5. The number of carbonyl (C=O) groups excluding carboxylic acids is 1. The molecule has 0 bridgehead atoms. The van der Waals surface area contributed by atoms with E-state index < -0.39 is 11.4 Å². The average molecular weight is 277 g/mol. The van der Waals surface area contributed by atoms with Crippen LogP contribution in [0.4, 0.5) is 10.1 Å². The highest BCUT2D eigenvalue weighted by atomic mass is 19.1. The van der Waals surface area contributed by atoms with Crippen LogP contribution in [-0.4, -0.2) is 30.1 Å². The molecule has 2 atom stereocenters. The molecule has 0 spiro atoms. The lowest BCUT2D eigenvalue weighted by Gasteiger charge is -2.48. The minimum absolute atomic E-state index is 0.133. The van der Waals surface area contributed by atoms with Gasteiger partial charge in [-0.1, -0.05) is 18.9 Å². The van der Waals surface area contributed by atoms with Crippen molar-refractivity contribution in [1.82, 2.24) is 0 Å². The normalized spacial score (nSPS) is 29.9. The van der Waals surface area contributed by atoms with E-state index in [0.29, 0.717) is 31.5 Å². The summed E-state index contributed by atoms with van der Waals surface area (Å²) in [6.07, 6.45) is 5.41. The van der Waals surface area contributed by atoms with E-state index in [1.807, 2.05) is 0 Å². The predicted octanol–water partition coefficient (Wildman–Crippen LogP) is 2.77. The number of hydrogen-bond acceptors (Lipinski definition) is 3. The van der Waals surface area contributed by atoms with Crippen molar-refractivity contribution in [3.05, 3.63) is 29.6 Å². The van der Waals surface area contributed by atoms with Crippen LogP contribution in [0.25, 0.3) is 0 Å². The van der Waals surface area contributed by atoms with E-state index in [-0.39, 0.29) is 11.5 Å². The Balaban J connectivity index is 1.86. The SMILES string of the molecule is O=Cc1c(F)cccc1N1CCC2(O)CCCCC2C1. The number of benzene rings is 1. The van der Waals surface area contributed by atoms with E-state index in [9.17, 15) is 14.3 Å². The number of anilines is 1. The van der Waals surface area contributed by atoms with Crippen molar-refractivity contribution in [2.24, 2.45) is 5.92 Å². The highest BCUT2D eigenvalue weighted by molar-refractivity contribution is 5.85. The molecule has 0 aromatic heterocycles. The molecule has 1 saturated heterocycles. The Bertz CT molecular complexity index is 519. The van der Waals surface area contributed by atoms with Crippen molar-refractivity contribution in [2.45, 2.75) is 37.7 Å². The fraction of sp³-hybridized carbons (Fsp3) is 0.562. The first-order valence-electron chi connectivity index (χ1n) is 7.35. The van der Waals surface area contributed by atoms with E-state index >= 15 is 0 Å². The van der Waals surface area contributed by atoms with Crippen LogP contribution in [-0.2, 0) is 0 Å². The van der Waals surface area contributed by atoms with Gasteiger partial charge in [-0.25, -0.2) is 4.39 Å². The van der Waals surface area contributed by atoms with Gasteiger partial charge >= 0.3 is 0 Å². The molecule has 108 valence electrons. The minimum atomic E-state index is -0.552. The lowest BCUT2D eigenvalue weighted by molar-refractivity contribution is -0.0612. The number of nitrogens with zero attached hydrogens (tertiary/aromatic N) is 1. The van der Waals surface area contributed by atoms with Gasteiger partial charge in [-0.15, -0.1) is 0 Å². The Hall–Kier alpha value is -1.42. The third kappa shape index (κ3) is 2.22. The Morgan fingerprint density at radius 1 is 1.35 bits per heavy atom. The molecular weight excluding hydrogens is 257 g/mol. The van der Waals surface area contributed by atoms with Crippen LogP contribution in [0.2, 0.25) is 0 Å². The smallest absolute Gasteiger partial charge is 0.155 e. The second kappa shape index (κ2) is 5.17. The van der Waals surface area contributed by atoms with Gasteiger partial charge in [0.25, 0.3) is 0 Å². The van der Waals surface area contributed by atoms with Crippen molar-refractivity contribution in [3.63, 3.8) is 0 Å². The summed E-state index contributed by atoms with van der Waals surface area (Å²) in [6, 6.07) is 4.74. The van der Waals surface area contributed by atoms with Crippen LogP contribution < -0.4 is 4.90 Å². The second-order valence-electron chi connectivity index (χ2n) is 6.03. The van der Waals surface area contributed by atoms with E-state index in [0.717, 1.165) is 25.7 Å². The summed E-state index contributed by atoms with van der Waals surface area (Å²) in [5, 5.41) is 10.7. The van der Waals surface area contributed by atoms with Gasteiger partial charge in [-0.2, -0.15) is 0 Å². The molecule has 4 heteroatoms. The van der Waals surface area contributed by atoms with Crippen LogP contribution in [0.3, 0.4) is 0 Å². The highest BCUT2D eigenvalue weighted by Crippen LogP contribution is 2.41. The van der Waals surface area contributed by atoms with Crippen LogP contribution in [0.5, 0.6) is 0 Å². The quantitative estimate of drug-likeness (QED) is 0.845. The molecule has 1 saturated carbocycles. The number of piperidine rings is 1. The molecule has 0 amide bonds. The number of aliphatic hydroxyl groups is 1. The Kier molecular flexibility index (Phi) is 3.50. The lowest BCUT2D eigenvalue weighted by Crippen LogP contribution is -2.53. The summed E-state index contributed by atoms with van der Waals surface area (Å²) in [5.41, 5.74) is 0.241. The zero-order chi connectivity index (χ0) is 14.2. The molecule has 3 rings (SSSR count). The molecule has 2 fully saturated rings. The summed E-state index contributed by atoms with van der Waals surface area (Å²) >= 11 is 0. The summed E-state index contributed by atoms with van der Waals surface area (Å²) in [4.78, 5) is 13.2. The Morgan fingerprint density at radius 2 is 2.20 bits per heavy atom. The fourth-order valence-electron chi connectivity index (χ4n) is 3.71. The Labute approximate surface area is 118 Å². The Morgan fingerprint density at radius 3 is 3.00 bits per heavy atom. The third-order valence-corrected chi connectivity index (χ3v) is 4.92. The molecular formula is C16H20FNO2. The number of halogens is 1. The van der Waals surface area contributed by atoms with Crippen LogP contribution >= 0.6 is 0 Å². The first-order chi connectivity index (χ1) is 9.64. The monoisotopic (exact) mass is 277 g/mol. The van der Waals surface area contributed by atoms with Crippen molar-refractivity contribution in [2.75, 3.05) is 18.0 Å². The molecule has 20 heavy (non-hydrogen) atoms. The lowest BCUT2D eigenvalue weighted by atomic mass is 9.71. The maximum absolute atomic E-state index is 13.7. The van der Waals surface area contributed by atoms with E-state index in [1.165, 1.54) is 6.07 Å². The van der Waals surface area contributed by atoms with Crippen molar-refractivity contribution >= 4 is 12.0 Å². The molecule has 1 aliphatic carbocycles. The molecule has 1 aromatic rings. The molecule has 2 aliphatic rings. The average Bonchev–Trinajstić information content (AvgIpc) is 2.46. The first-order valence-corrected chi connectivity index (χ1v) is 7.35. The highest BCUT2D eigenvalue weighted by Gasteiger charge is 2.43. The summed E-state index contributed by atoms with van der Waals surface area (Å²) < 4.78 is 13.7. The van der Waals surface area contributed by atoms with Crippen LogP contribution in [0.15, 0.2) is 18.2 Å². The second-order valence-corrected chi connectivity index (χ2v) is 6.03. The number of aldehydes is 1. The molecule has 0 radical (unpaired) electrons. The van der Waals surface area contributed by atoms with Crippen LogP contribution in [0, 0.1) is 11.7 Å². The third-order valence-electron chi connectivity index (χ3n) is 4.92. The predicted molar refractivity (Wildman–Crippen MR) is 75.5 cm³/mol. The molecule has 1 N–H and O–H groups in total. The first kappa shape index (κ1) is 13.6. The summed E-state index contributed by atoms with van der Waals surface area (Å²) in [7, 11) is 0. The number of carbonyl (C=O) groups is 1. The van der Waals surface area contributed by atoms with E-state index in [1.54, 1.807) is 12.1 Å². The van der Waals surface area contributed by atoms with E-state index in [4.69, 9.17) is 0 Å². The number of hydrogen-bond donors (Lipinski definition) is 1. The maximum Gasteiger partial charge on any atom is 0.155 e. The van der Waals surface area contributed by atoms with Gasteiger partial charge in [0.2, 0.25) is 0 Å². The van der Waals surface area contributed by atoms with E-state index in [2.05, 4.69) is 4.90 Å². The fourth-order valence-corrected chi connectivity index (χ4v) is 3.71. The van der Waals surface area contributed by atoms with Gasteiger partial charge in [-0.3, -0.25) is 4.79 Å². The standard InChI is InChI=1S/C16H20FNO2/c17-14-5-3-6-15(13(14)11-19)18-9-8-16(20)7-2-1-4-12(16)10-18/h3,5-6,11-12,20H,1-2,4,7-10H2. The van der Waals surface area contributed by atoms with Gasteiger partial charge in [0.1, 0.15) is 5.82 Å². The minimum Gasteiger partial charge on any atom is -0.389 e. The molecule has 1 aromatic carbocycles. The molecule has 2 unspecified atom stereocenters. The van der Waals surface area contributed by atoms with Gasteiger partial charge in [0.15, 0.2) is 6.29 Å².